The predicted octanol–water partition coefficient (Wildman–Crippen LogP) is 0.648. The van der Waals surface area contributed by atoms with E-state index in [9.17, 15) is 9.59 Å². The molecule has 0 spiro atoms. The fourth-order valence-electron chi connectivity index (χ4n) is 3.15. The number of aromatic nitrogens is 5. The molecule has 4 heterocycles. The van der Waals surface area contributed by atoms with Crippen LogP contribution in [-0.2, 0) is 13.0 Å². The number of pyridine rings is 1. The lowest BCUT2D eigenvalue weighted by Gasteiger charge is -2.23. The quantitative estimate of drug-likeness (QED) is 0.740. The van der Waals surface area contributed by atoms with Gasteiger partial charge in [-0.2, -0.15) is 5.10 Å². The summed E-state index contributed by atoms with van der Waals surface area (Å²) in [7, 11) is 0. The first kappa shape index (κ1) is 15.5. The van der Waals surface area contributed by atoms with Gasteiger partial charge in [0.2, 0.25) is 0 Å². The number of rotatable bonds is 2. The van der Waals surface area contributed by atoms with Crippen molar-refractivity contribution < 1.29 is 4.79 Å². The molecule has 1 N–H and O–H groups in total. The molecule has 1 unspecified atom stereocenters. The summed E-state index contributed by atoms with van der Waals surface area (Å²) >= 11 is 0. The maximum atomic E-state index is 12.6. The van der Waals surface area contributed by atoms with Crippen LogP contribution >= 0.6 is 0 Å². The van der Waals surface area contributed by atoms with Gasteiger partial charge in [-0.3, -0.25) is 14.0 Å². The second-order valence-corrected chi connectivity index (χ2v) is 6.38. The van der Waals surface area contributed by atoms with Gasteiger partial charge in [-0.05, 0) is 38.0 Å². The Labute approximate surface area is 143 Å². The van der Waals surface area contributed by atoms with Crippen molar-refractivity contribution in [2.45, 2.75) is 39.3 Å². The first-order valence-electron chi connectivity index (χ1n) is 8.20. The van der Waals surface area contributed by atoms with E-state index in [1.165, 1.54) is 10.6 Å². The van der Waals surface area contributed by atoms with Gasteiger partial charge in [-0.25, -0.2) is 14.6 Å². The maximum Gasteiger partial charge on any atom is 0.270 e. The highest BCUT2D eigenvalue weighted by molar-refractivity contribution is 5.93. The molecule has 0 bridgehead atoms. The monoisotopic (exact) mass is 338 g/mol. The molecule has 0 saturated heterocycles. The van der Waals surface area contributed by atoms with Gasteiger partial charge < -0.3 is 5.32 Å². The Kier molecular flexibility index (Phi) is 3.60. The normalized spacial score (nSPS) is 16.6. The third-order valence-electron chi connectivity index (χ3n) is 4.41. The van der Waals surface area contributed by atoms with Crippen LogP contribution in [0.4, 0.5) is 0 Å². The van der Waals surface area contributed by atoms with Gasteiger partial charge in [-0.15, -0.1) is 0 Å². The number of carbonyl (C=O) groups excluding carboxylic acids is 1. The Hall–Kier alpha value is -3.03. The van der Waals surface area contributed by atoms with Crippen molar-refractivity contribution in [1.82, 2.24) is 29.5 Å². The molecule has 128 valence electrons. The lowest BCUT2D eigenvalue weighted by Crippen LogP contribution is -2.43. The molecule has 25 heavy (non-hydrogen) atoms. The van der Waals surface area contributed by atoms with E-state index in [4.69, 9.17) is 0 Å². The van der Waals surface area contributed by atoms with Crippen molar-refractivity contribution in [2.75, 3.05) is 0 Å². The molecule has 1 atom stereocenters. The molecule has 0 aliphatic carbocycles. The van der Waals surface area contributed by atoms with E-state index >= 15 is 0 Å². The smallest absolute Gasteiger partial charge is 0.270 e. The van der Waals surface area contributed by atoms with Crippen molar-refractivity contribution in [3.8, 4) is 0 Å². The molecule has 3 aromatic heterocycles. The Morgan fingerprint density at radius 3 is 3.04 bits per heavy atom. The summed E-state index contributed by atoms with van der Waals surface area (Å²) in [6.45, 7) is 4.34. The molecule has 8 nitrogen and oxygen atoms in total. The highest BCUT2D eigenvalue weighted by atomic mass is 16.2. The summed E-state index contributed by atoms with van der Waals surface area (Å²) in [5.41, 5.74) is 1.21. The zero-order valence-corrected chi connectivity index (χ0v) is 14.1. The van der Waals surface area contributed by atoms with E-state index in [-0.39, 0.29) is 17.2 Å². The largest absolute Gasteiger partial charge is 0.347 e. The van der Waals surface area contributed by atoms with Crippen LogP contribution in [-0.4, -0.2) is 36.1 Å². The van der Waals surface area contributed by atoms with Gasteiger partial charge in [0.05, 0.1) is 6.54 Å². The molecule has 0 aromatic carbocycles. The minimum absolute atomic E-state index is 0.0434. The van der Waals surface area contributed by atoms with Crippen molar-refractivity contribution in [2.24, 2.45) is 0 Å². The third-order valence-corrected chi connectivity index (χ3v) is 4.41. The highest BCUT2D eigenvalue weighted by Gasteiger charge is 2.24. The van der Waals surface area contributed by atoms with Crippen molar-refractivity contribution in [1.29, 1.82) is 0 Å². The molecule has 3 aromatic rings. The lowest BCUT2D eigenvalue weighted by molar-refractivity contribution is 0.0924. The van der Waals surface area contributed by atoms with Crippen LogP contribution in [0.15, 0.2) is 29.3 Å². The van der Waals surface area contributed by atoms with Crippen molar-refractivity contribution in [3.63, 3.8) is 0 Å². The van der Waals surface area contributed by atoms with Gasteiger partial charge >= 0.3 is 0 Å². The minimum Gasteiger partial charge on any atom is -0.347 e. The standard InChI is InChI=1S/C17H18N6O2/c1-10-5-6-22-15(7-10)18-8-13(17(22)25)16(24)20-12-3-4-14-19-11(2)21-23(14)9-12/h5-8,12H,3-4,9H2,1-2H3,(H,20,24). The summed E-state index contributed by atoms with van der Waals surface area (Å²) < 4.78 is 3.21. The van der Waals surface area contributed by atoms with Crippen LogP contribution in [0.25, 0.3) is 5.65 Å². The number of nitrogens with zero attached hydrogens (tertiary/aromatic N) is 5. The summed E-state index contributed by atoms with van der Waals surface area (Å²) in [6, 6.07) is 3.53. The predicted molar refractivity (Wildman–Crippen MR) is 90.5 cm³/mol. The Bertz CT molecular complexity index is 1040. The number of nitrogens with one attached hydrogen (secondary N) is 1. The first-order chi connectivity index (χ1) is 12.0. The average molecular weight is 338 g/mol. The fourth-order valence-corrected chi connectivity index (χ4v) is 3.15. The molecule has 1 aliphatic rings. The number of hydrogen-bond acceptors (Lipinski definition) is 5. The number of fused-ring (bicyclic) bond motifs is 2. The zero-order valence-electron chi connectivity index (χ0n) is 14.1. The summed E-state index contributed by atoms with van der Waals surface area (Å²) in [5.74, 6) is 1.26. The molecule has 1 aliphatic heterocycles. The van der Waals surface area contributed by atoms with Crippen LogP contribution in [0, 0.1) is 13.8 Å². The van der Waals surface area contributed by atoms with Gasteiger partial charge in [0.15, 0.2) is 0 Å². The second kappa shape index (κ2) is 5.80. The number of hydrogen-bond donors (Lipinski definition) is 1. The topological polar surface area (TPSA) is 94.2 Å². The van der Waals surface area contributed by atoms with E-state index in [0.29, 0.717) is 12.2 Å². The molecular weight excluding hydrogens is 320 g/mol. The van der Waals surface area contributed by atoms with Gasteiger partial charge in [-0.1, -0.05) is 0 Å². The van der Waals surface area contributed by atoms with Gasteiger partial charge in [0.1, 0.15) is 22.9 Å². The van der Waals surface area contributed by atoms with E-state index < -0.39 is 5.91 Å². The molecule has 4 rings (SSSR count). The van der Waals surface area contributed by atoms with Crippen LogP contribution in [0.5, 0.6) is 0 Å². The molecule has 0 fully saturated rings. The minimum atomic E-state index is -0.405. The van der Waals surface area contributed by atoms with Crippen LogP contribution in [0.2, 0.25) is 0 Å². The summed E-state index contributed by atoms with van der Waals surface area (Å²) in [4.78, 5) is 33.7. The lowest BCUT2D eigenvalue weighted by atomic mass is 10.1. The first-order valence-corrected chi connectivity index (χ1v) is 8.20. The number of aryl methyl sites for hydroxylation is 3. The Morgan fingerprint density at radius 2 is 2.20 bits per heavy atom. The third kappa shape index (κ3) is 2.79. The van der Waals surface area contributed by atoms with Crippen LogP contribution in [0.1, 0.15) is 34.0 Å². The van der Waals surface area contributed by atoms with Crippen LogP contribution in [0.3, 0.4) is 0 Å². The summed E-state index contributed by atoms with van der Waals surface area (Å²) in [5, 5.41) is 7.25. The SMILES string of the molecule is Cc1ccn2c(=O)c(C(=O)NC3CCc4nc(C)nn4C3)cnc2c1. The fraction of sp³-hybridized carbons (Fsp3) is 0.353. The molecule has 1 amide bonds. The van der Waals surface area contributed by atoms with Crippen molar-refractivity contribution >= 4 is 11.6 Å². The van der Waals surface area contributed by atoms with Gasteiger partial charge in [0.25, 0.3) is 11.5 Å². The average Bonchev–Trinajstić information content (AvgIpc) is 2.94. The second-order valence-electron chi connectivity index (χ2n) is 6.38. The van der Waals surface area contributed by atoms with E-state index in [0.717, 1.165) is 30.1 Å². The Balaban J connectivity index is 1.57. The van der Waals surface area contributed by atoms with E-state index in [1.807, 2.05) is 24.6 Å². The van der Waals surface area contributed by atoms with Crippen LogP contribution < -0.4 is 10.9 Å². The van der Waals surface area contributed by atoms with E-state index in [2.05, 4.69) is 20.4 Å². The summed E-state index contributed by atoms with van der Waals surface area (Å²) in [6.07, 6.45) is 4.51. The zero-order chi connectivity index (χ0) is 17.6. The molecule has 0 saturated carbocycles. The van der Waals surface area contributed by atoms with Crippen molar-refractivity contribution in [3.05, 3.63) is 57.7 Å². The molecular formula is C17H18N6O2. The molecule has 0 radical (unpaired) electrons. The van der Waals surface area contributed by atoms with E-state index in [1.54, 1.807) is 12.3 Å². The van der Waals surface area contributed by atoms with Gasteiger partial charge in [0, 0.05) is 24.9 Å². The Morgan fingerprint density at radius 1 is 1.36 bits per heavy atom. The maximum absolute atomic E-state index is 12.6. The highest BCUT2D eigenvalue weighted by Crippen LogP contribution is 2.13. The molecule has 8 heteroatoms. The number of amides is 1. The number of carbonyl (C=O) groups is 1.